The van der Waals surface area contributed by atoms with Gasteiger partial charge in [0.2, 0.25) is 0 Å². The number of ether oxygens (including phenoxy) is 1. The Labute approximate surface area is 74.5 Å². The molecule has 0 heterocycles. The fraction of sp³-hybridized carbons (Fsp3) is 0.625. The van der Waals surface area contributed by atoms with Crippen molar-refractivity contribution in [2.75, 3.05) is 6.56 Å². The van der Waals surface area contributed by atoms with Crippen LogP contribution >= 0.6 is 0 Å². The van der Waals surface area contributed by atoms with Crippen molar-refractivity contribution in [2.45, 2.75) is 26.5 Å². The molecule has 0 saturated heterocycles. The summed E-state index contributed by atoms with van der Waals surface area (Å²) in [7, 11) is 0. The predicted octanol–water partition coefficient (Wildman–Crippen LogP) is 1.91. The van der Waals surface area contributed by atoms with Gasteiger partial charge in [0.15, 0.2) is 0 Å². The first kappa shape index (κ1) is 2.10. The van der Waals surface area contributed by atoms with E-state index < -0.39 is 32.1 Å². The highest BCUT2D eigenvalue weighted by Gasteiger charge is 2.00. The number of carbonyl (C=O) groups excluding carboxylic acids is 1. The average molecular weight is 151 g/mol. The van der Waals surface area contributed by atoms with Crippen molar-refractivity contribution in [3.63, 3.8) is 0 Å². The Morgan fingerprint density at radius 2 is 2.60 bits per heavy atom. The third-order valence-electron chi connectivity index (χ3n) is 0.606. The Bertz CT molecular complexity index is 382. The molecule has 10 heavy (non-hydrogen) atoms. The van der Waals surface area contributed by atoms with E-state index in [1.807, 2.05) is 0 Å². The van der Waals surface area contributed by atoms with Crippen LogP contribution in [0.1, 0.15) is 38.9 Å². The van der Waals surface area contributed by atoms with Crippen LogP contribution in [0.4, 0.5) is 0 Å². The monoisotopic (exact) mass is 151 g/mol. The van der Waals surface area contributed by atoms with Crippen molar-refractivity contribution in [2.24, 2.45) is 0 Å². The number of hydrogen-bond donors (Lipinski definition) is 0. The molecule has 0 atom stereocenters. The molecular weight excluding hydrogens is 128 g/mol. The molecular formula is C8H14O2. The van der Waals surface area contributed by atoms with Crippen LogP contribution < -0.4 is 0 Å². The molecule has 0 aliphatic rings. The summed E-state index contributed by atoms with van der Waals surface area (Å²) in [6.07, 6.45) is -7.14. The van der Waals surface area contributed by atoms with Gasteiger partial charge in [-0.25, -0.2) is 4.79 Å². The van der Waals surface area contributed by atoms with Crippen LogP contribution in [0.25, 0.3) is 0 Å². The highest BCUT2D eigenvalue weighted by atomic mass is 16.5. The normalized spacial score (nSPS) is 27.9. The van der Waals surface area contributed by atoms with Crippen LogP contribution in [-0.4, -0.2) is 12.5 Å². The first-order chi connectivity index (χ1) is 8.08. The number of carbonyl (C=O) groups is 1. The van der Waals surface area contributed by atoms with Crippen LogP contribution in [0.5, 0.6) is 0 Å². The maximum atomic E-state index is 11.2. The van der Waals surface area contributed by atoms with Gasteiger partial charge in [-0.2, -0.15) is 0 Å². The summed E-state index contributed by atoms with van der Waals surface area (Å²) < 4.78 is 68.8. The molecule has 0 aromatic heterocycles. The minimum atomic E-state index is -3.59. The van der Waals surface area contributed by atoms with Gasteiger partial charge in [0.25, 0.3) is 0 Å². The summed E-state index contributed by atoms with van der Waals surface area (Å²) in [6, 6.07) is 0. The van der Waals surface area contributed by atoms with Crippen molar-refractivity contribution in [3.05, 3.63) is 12.2 Å². The summed E-state index contributed by atoms with van der Waals surface area (Å²) in [5, 5.41) is 0. The van der Waals surface area contributed by atoms with E-state index in [2.05, 4.69) is 11.3 Å². The summed E-state index contributed by atoms with van der Waals surface area (Å²) in [6.45, 7) is -2.55. The lowest BCUT2D eigenvalue weighted by Crippen LogP contribution is -2.05. The Morgan fingerprint density at radius 3 is 3.10 bits per heavy atom. The predicted molar refractivity (Wildman–Crippen MR) is 40.7 cm³/mol. The highest BCUT2D eigenvalue weighted by molar-refractivity contribution is 5.86. The van der Waals surface area contributed by atoms with Gasteiger partial charge >= 0.3 is 5.97 Å². The van der Waals surface area contributed by atoms with Gasteiger partial charge < -0.3 is 4.74 Å². The molecule has 0 aromatic rings. The van der Waals surface area contributed by atoms with E-state index in [4.69, 9.17) is 12.3 Å². The molecule has 58 valence electrons. The number of rotatable bonds is 4. The zero-order chi connectivity index (χ0) is 15.9. The zero-order valence-electron chi connectivity index (χ0n) is 14.5. The molecule has 0 saturated carbocycles. The van der Waals surface area contributed by atoms with Crippen LogP contribution in [0.2, 0.25) is 0 Å². The van der Waals surface area contributed by atoms with Crippen LogP contribution in [0.15, 0.2) is 12.2 Å². The largest absolute Gasteiger partial charge is 0.462 e. The second-order valence-corrected chi connectivity index (χ2v) is 1.52. The maximum Gasteiger partial charge on any atom is 0.333 e. The van der Waals surface area contributed by atoms with Gasteiger partial charge in [-0.3, -0.25) is 0 Å². The fourth-order valence-corrected chi connectivity index (χ4v) is 0.184. The van der Waals surface area contributed by atoms with Crippen LogP contribution in [-0.2, 0) is 9.53 Å². The van der Waals surface area contributed by atoms with Crippen molar-refractivity contribution in [3.8, 4) is 0 Å². The standard InChI is InChI=1S/C8H14O2/c1-4-5-6-10-8(9)7(2)3/h2,4-6H2,1,3H3/i1D3,4D2,5D2,6D2. The van der Waals surface area contributed by atoms with Gasteiger partial charge in [0.1, 0.15) is 0 Å². The molecule has 0 bridgehead atoms. The molecule has 2 heteroatoms. The second kappa shape index (κ2) is 5.03. The van der Waals surface area contributed by atoms with Crippen LogP contribution in [0, 0.1) is 0 Å². The average Bonchev–Trinajstić information content (AvgIpc) is 2.14. The first-order valence-electron chi connectivity index (χ1n) is 6.97. The molecule has 0 amide bonds. The molecule has 0 radical (unpaired) electrons. The van der Waals surface area contributed by atoms with E-state index in [0.717, 1.165) is 0 Å². The molecule has 0 rings (SSSR count). The molecule has 2 nitrogen and oxygen atoms in total. The second-order valence-electron chi connectivity index (χ2n) is 1.52. The first-order valence-corrected chi connectivity index (χ1v) is 2.47. The summed E-state index contributed by atoms with van der Waals surface area (Å²) in [5.74, 6) is -1.28. The Morgan fingerprint density at radius 1 is 1.90 bits per heavy atom. The zero-order valence-corrected chi connectivity index (χ0v) is 5.52. The summed E-state index contributed by atoms with van der Waals surface area (Å²) >= 11 is 0. The van der Waals surface area contributed by atoms with E-state index in [-0.39, 0.29) is 5.57 Å². The van der Waals surface area contributed by atoms with Gasteiger partial charge in [0.05, 0.1) is 9.30 Å². The van der Waals surface area contributed by atoms with E-state index in [9.17, 15) is 4.79 Å². The SMILES string of the molecule is [2H]C([2H])([2H])C([2H])([2H])C([2H])([2H])C([2H])([2H])OC(=O)C(=C)C. The molecule has 0 unspecified atom stereocenters. The molecule has 0 fully saturated rings. The lowest BCUT2D eigenvalue weighted by atomic mass is 10.3. The van der Waals surface area contributed by atoms with E-state index in [0.29, 0.717) is 0 Å². The van der Waals surface area contributed by atoms with Gasteiger partial charge in [-0.05, 0) is 13.3 Å². The Balaban J connectivity index is 5.52. The third kappa shape index (κ3) is 4.13. The quantitative estimate of drug-likeness (QED) is 0.453. The molecule has 0 aliphatic heterocycles. The summed E-state index contributed by atoms with van der Waals surface area (Å²) in [5.41, 5.74) is -0.228. The third-order valence-corrected chi connectivity index (χ3v) is 0.606. The molecule has 0 aliphatic carbocycles. The lowest BCUT2D eigenvalue weighted by molar-refractivity contribution is -0.139. The molecule has 0 spiro atoms. The topological polar surface area (TPSA) is 26.3 Å². The van der Waals surface area contributed by atoms with E-state index in [1.165, 1.54) is 6.92 Å². The number of hydrogen-bond acceptors (Lipinski definition) is 2. The van der Waals surface area contributed by atoms with Crippen LogP contribution in [0.3, 0.4) is 0 Å². The molecule has 0 aromatic carbocycles. The minimum absolute atomic E-state index is 0.228. The van der Waals surface area contributed by atoms with Crippen molar-refractivity contribution >= 4 is 5.97 Å². The highest BCUT2D eigenvalue weighted by Crippen LogP contribution is 1.94. The van der Waals surface area contributed by atoms with Gasteiger partial charge in [-0.15, -0.1) is 0 Å². The fourth-order valence-electron chi connectivity index (χ4n) is 0.184. The van der Waals surface area contributed by atoms with Crippen molar-refractivity contribution in [1.29, 1.82) is 0 Å². The maximum absolute atomic E-state index is 11.2. The lowest BCUT2D eigenvalue weighted by Gasteiger charge is -2.01. The smallest absolute Gasteiger partial charge is 0.333 e. The Kier molecular flexibility index (Phi) is 1.05. The van der Waals surface area contributed by atoms with Crippen molar-refractivity contribution < 1.29 is 21.9 Å². The Hall–Kier alpha value is -0.790. The molecule has 0 N–H and O–H groups in total. The minimum Gasteiger partial charge on any atom is -0.462 e. The van der Waals surface area contributed by atoms with E-state index in [1.54, 1.807) is 0 Å². The van der Waals surface area contributed by atoms with E-state index >= 15 is 0 Å². The van der Waals surface area contributed by atoms with Gasteiger partial charge in [-0.1, -0.05) is 19.8 Å². The summed E-state index contributed by atoms with van der Waals surface area (Å²) in [4.78, 5) is 11.2. The number of esters is 1. The van der Waals surface area contributed by atoms with Crippen molar-refractivity contribution in [1.82, 2.24) is 0 Å². The van der Waals surface area contributed by atoms with Gasteiger partial charge in [0, 0.05) is 15.2 Å².